The molecule has 0 spiro atoms. The Kier molecular flexibility index (Phi) is 4.36. The zero-order valence-corrected chi connectivity index (χ0v) is 14.1. The first kappa shape index (κ1) is 14.9. The molecule has 0 atom stereocenters. The molecule has 1 aromatic carbocycles. The zero-order chi connectivity index (χ0) is 15.5. The van der Waals surface area contributed by atoms with Gasteiger partial charge in [-0.1, -0.05) is 23.8 Å². The highest BCUT2D eigenvalue weighted by Crippen LogP contribution is 2.28. The number of amides is 1. The zero-order valence-electron chi connectivity index (χ0n) is 12.4. The maximum atomic E-state index is 12.2. The van der Waals surface area contributed by atoms with Gasteiger partial charge in [0.15, 0.2) is 0 Å². The van der Waals surface area contributed by atoms with Gasteiger partial charge in [0.25, 0.3) is 0 Å². The van der Waals surface area contributed by atoms with Crippen LogP contribution in [0.15, 0.2) is 41.1 Å². The highest BCUT2D eigenvalue weighted by molar-refractivity contribution is 7.20. The van der Waals surface area contributed by atoms with Crippen molar-refractivity contribution in [1.29, 1.82) is 0 Å². The van der Waals surface area contributed by atoms with E-state index in [9.17, 15) is 4.79 Å². The van der Waals surface area contributed by atoms with E-state index in [2.05, 4.69) is 16.4 Å². The Balaban J connectivity index is 1.67. The lowest BCUT2D eigenvalue weighted by atomic mass is 10.1. The van der Waals surface area contributed by atoms with E-state index in [0.717, 1.165) is 26.8 Å². The SMILES string of the molecule is Cc1ccc(NC(=O)Cc2csc(-c3cccs3)n2)c(C)c1. The predicted molar refractivity (Wildman–Crippen MR) is 93.7 cm³/mol. The average Bonchev–Trinajstić information content (AvgIpc) is 3.12. The molecule has 22 heavy (non-hydrogen) atoms. The van der Waals surface area contributed by atoms with Crippen molar-refractivity contribution < 1.29 is 4.79 Å². The smallest absolute Gasteiger partial charge is 0.230 e. The standard InChI is InChI=1S/C17H16N2OS2/c1-11-5-6-14(12(2)8-11)19-16(20)9-13-10-22-17(18-13)15-4-3-7-21-15/h3-8,10H,9H2,1-2H3,(H,19,20). The number of hydrogen-bond acceptors (Lipinski definition) is 4. The molecular weight excluding hydrogens is 312 g/mol. The minimum Gasteiger partial charge on any atom is -0.326 e. The molecular formula is C17H16N2OS2. The molecule has 0 aliphatic heterocycles. The van der Waals surface area contributed by atoms with Crippen LogP contribution in [0.25, 0.3) is 9.88 Å². The second kappa shape index (κ2) is 6.42. The largest absolute Gasteiger partial charge is 0.326 e. The van der Waals surface area contributed by atoms with Crippen LogP contribution in [0.1, 0.15) is 16.8 Å². The van der Waals surface area contributed by atoms with Crippen molar-refractivity contribution in [3.05, 3.63) is 57.9 Å². The van der Waals surface area contributed by atoms with Gasteiger partial charge in [0.2, 0.25) is 5.91 Å². The maximum Gasteiger partial charge on any atom is 0.230 e. The second-order valence-corrected chi connectivity index (χ2v) is 6.97. The first-order valence-electron chi connectivity index (χ1n) is 6.97. The van der Waals surface area contributed by atoms with Gasteiger partial charge in [-0.3, -0.25) is 4.79 Å². The third kappa shape index (κ3) is 3.43. The van der Waals surface area contributed by atoms with E-state index < -0.39 is 0 Å². The second-order valence-electron chi connectivity index (χ2n) is 5.16. The summed E-state index contributed by atoms with van der Waals surface area (Å²) in [6, 6.07) is 10.1. The predicted octanol–water partition coefficient (Wildman–Crippen LogP) is 4.67. The Hall–Kier alpha value is -1.98. The molecule has 0 unspecified atom stereocenters. The lowest BCUT2D eigenvalue weighted by Crippen LogP contribution is -2.15. The Labute approximate surface area is 137 Å². The molecule has 3 rings (SSSR count). The van der Waals surface area contributed by atoms with Gasteiger partial charge in [0, 0.05) is 11.1 Å². The van der Waals surface area contributed by atoms with Crippen LogP contribution in [0.3, 0.4) is 0 Å². The fourth-order valence-corrected chi connectivity index (χ4v) is 3.85. The van der Waals surface area contributed by atoms with E-state index in [1.807, 2.05) is 48.9 Å². The number of benzene rings is 1. The molecule has 0 saturated carbocycles. The van der Waals surface area contributed by atoms with Gasteiger partial charge < -0.3 is 5.32 Å². The van der Waals surface area contributed by atoms with E-state index in [0.29, 0.717) is 6.42 Å². The van der Waals surface area contributed by atoms with Gasteiger partial charge in [-0.25, -0.2) is 4.98 Å². The Bertz CT molecular complexity index is 791. The minimum atomic E-state index is -0.0324. The van der Waals surface area contributed by atoms with Crippen LogP contribution in [0.4, 0.5) is 5.69 Å². The number of thiazole rings is 1. The normalized spacial score (nSPS) is 10.6. The number of anilines is 1. The Morgan fingerprint density at radius 3 is 2.82 bits per heavy atom. The quantitative estimate of drug-likeness (QED) is 0.756. The molecule has 0 fully saturated rings. The molecule has 2 aromatic heterocycles. The van der Waals surface area contributed by atoms with Crippen molar-refractivity contribution in [3.8, 4) is 9.88 Å². The molecule has 1 N–H and O–H groups in total. The summed E-state index contributed by atoms with van der Waals surface area (Å²) in [5.41, 5.74) is 3.95. The molecule has 3 nitrogen and oxygen atoms in total. The molecule has 0 radical (unpaired) electrons. The molecule has 0 aliphatic carbocycles. The summed E-state index contributed by atoms with van der Waals surface area (Å²) >= 11 is 3.24. The number of carbonyl (C=O) groups excluding carboxylic acids is 1. The number of rotatable bonds is 4. The summed E-state index contributed by atoms with van der Waals surface area (Å²) in [5, 5.41) is 7.92. The fraction of sp³-hybridized carbons (Fsp3) is 0.176. The van der Waals surface area contributed by atoms with Crippen molar-refractivity contribution >= 4 is 34.3 Å². The maximum absolute atomic E-state index is 12.2. The molecule has 1 amide bonds. The van der Waals surface area contributed by atoms with Crippen LogP contribution in [0.2, 0.25) is 0 Å². The fourth-order valence-electron chi connectivity index (χ4n) is 2.21. The molecule has 0 bridgehead atoms. The minimum absolute atomic E-state index is 0.0324. The Morgan fingerprint density at radius 1 is 1.23 bits per heavy atom. The summed E-state index contributed by atoms with van der Waals surface area (Å²) in [7, 11) is 0. The first-order valence-corrected chi connectivity index (χ1v) is 8.73. The number of aromatic nitrogens is 1. The monoisotopic (exact) mass is 328 g/mol. The topological polar surface area (TPSA) is 42.0 Å². The van der Waals surface area contributed by atoms with Crippen molar-refractivity contribution in [2.24, 2.45) is 0 Å². The number of nitrogens with zero attached hydrogens (tertiary/aromatic N) is 1. The van der Waals surface area contributed by atoms with Crippen molar-refractivity contribution in [3.63, 3.8) is 0 Å². The summed E-state index contributed by atoms with van der Waals surface area (Å²) in [6.07, 6.45) is 0.301. The summed E-state index contributed by atoms with van der Waals surface area (Å²) in [4.78, 5) is 17.9. The van der Waals surface area contributed by atoms with Crippen LogP contribution in [0, 0.1) is 13.8 Å². The summed E-state index contributed by atoms with van der Waals surface area (Å²) in [6.45, 7) is 4.04. The van der Waals surface area contributed by atoms with E-state index in [4.69, 9.17) is 0 Å². The van der Waals surface area contributed by atoms with Gasteiger partial charge in [-0.15, -0.1) is 22.7 Å². The number of thiophene rings is 1. The van der Waals surface area contributed by atoms with Gasteiger partial charge in [-0.05, 0) is 36.9 Å². The molecule has 3 aromatic rings. The molecule has 5 heteroatoms. The number of carbonyl (C=O) groups is 1. The number of hydrogen-bond donors (Lipinski definition) is 1. The summed E-state index contributed by atoms with van der Waals surface area (Å²) < 4.78 is 0. The van der Waals surface area contributed by atoms with E-state index in [1.165, 1.54) is 5.56 Å². The molecule has 0 aliphatic rings. The van der Waals surface area contributed by atoms with Gasteiger partial charge in [0.1, 0.15) is 5.01 Å². The highest BCUT2D eigenvalue weighted by Gasteiger charge is 2.10. The number of aryl methyl sites for hydroxylation is 2. The van der Waals surface area contributed by atoms with Gasteiger partial charge in [0.05, 0.1) is 17.0 Å². The molecule has 0 saturated heterocycles. The molecule has 112 valence electrons. The van der Waals surface area contributed by atoms with Crippen molar-refractivity contribution in [2.45, 2.75) is 20.3 Å². The van der Waals surface area contributed by atoms with Crippen molar-refractivity contribution in [1.82, 2.24) is 4.98 Å². The summed E-state index contributed by atoms with van der Waals surface area (Å²) in [5.74, 6) is -0.0324. The lowest BCUT2D eigenvalue weighted by molar-refractivity contribution is -0.115. The van der Waals surface area contributed by atoms with E-state index in [1.54, 1.807) is 22.7 Å². The first-order chi connectivity index (χ1) is 10.6. The van der Waals surface area contributed by atoms with Gasteiger partial charge >= 0.3 is 0 Å². The van der Waals surface area contributed by atoms with Gasteiger partial charge in [-0.2, -0.15) is 0 Å². The van der Waals surface area contributed by atoms with Crippen LogP contribution in [-0.4, -0.2) is 10.9 Å². The molecule has 2 heterocycles. The highest BCUT2D eigenvalue weighted by atomic mass is 32.1. The van der Waals surface area contributed by atoms with E-state index >= 15 is 0 Å². The number of nitrogens with one attached hydrogen (secondary N) is 1. The lowest BCUT2D eigenvalue weighted by Gasteiger charge is -2.08. The van der Waals surface area contributed by atoms with Crippen LogP contribution >= 0.6 is 22.7 Å². The third-order valence-electron chi connectivity index (χ3n) is 3.28. The van der Waals surface area contributed by atoms with Crippen LogP contribution < -0.4 is 5.32 Å². The average molecular weight is 328 g/mol. The third-order valence-corrected chi connectivity index (χ3v) is 5.21. The Morgan fingerprint density at radius 2 is 2.09 bits per heavy atom. The van der Waals surface area contributed by atoms with E-state index in [-0.39, 0.29) is 5.91 Å². The van der Waals surface area contributed by atoms with Crippen molar-refractivity contribution in [2.75, 3.05) is 5.32 Å². The van der Waals surface area contributed by atoms with Crippen LogP contribution in [-0.2, 0) is 11.2 Å². The van der Waals surface area contributed by atoms with Crippen LogP contribution in [0.5, 0.6) is 0 Å².